The van der Waals surface area contributed by atoms with Crippen LogP contribution in [-0.4, -0.2) is 18.7 Å². The van der Waals surface area contributed by atoms with Gasteiger partial charge in [0, 0.05) is 18.2 Å². The summed E-state index contributed by atoms with van der Waals surface area (Å²) in [5.41, 5.74) is 5.54. The largest absolute Gasteiger partial charge is 0.443 e. The van der Waals surface area contributed by atoms with Crippen molar-refractivity contribution in [1.82, 2.24) is 4.98 Å². The van der Waals surface area contributed by atoms with Gasteiger partial charge in [0.1, 0.15) is 0 Å². The second-order valence-electron chi connectivity index (χ2n) is 2.63. The van der Waals surface area contributed by atoms with E-state index in [2.05, 4.69) is 4.98 Å². The van der Waals surface area contributed by atoms with E-state index < -0.39 is 17.2 Å². The van der Waals surface area contributed by atoms with E-state index in [0.29, 0.717) is 16.2 Å². The first kappa shape index (κ1) is 11.4. The first-order valence-corrected chi connectivity index (χ1v) is 4.54. The number of ether oxygens (including phenoxy) is 1. The standard InChI is InChI=1S/C7H9F3N2OS/c1-13-3-4(11)5-2-12-6(14-5)7(8,9)10/h2,4H,3,11H2,1H3. The van der Waals surface area contributed by atoms with Gasteiger partial charge in [0.15, 0.2) is 5.01 Å². The molecular formula is C7H9F3N2OS. The number of methoxy groups -OCH3 is 1. The fraction of sp³-hybridized carbons (Fsp3) is 0.571. The summed E-state index contributed by atoms with van der Waals surface area (Å²) in [6, 6.07) is -0.548. The van der Waals surface area contributed by atoms with Crippen LogP contribution in [-0.2, 0) is 10.9 Å². The molecule has 0 aromatic carbocycles. The molecule has 7 heteroatoms. The van der Waals surface area contributed by atoms with Crippen LogP contribution in [0.1, 0.15) is 15.9 Å². The van der Waals surface area contributed by atoms with E-state index in [9.17, 15) is 13.2 Å². The van der Waals surface area contributed by atoms with Gasteiger partial charge in [0.05, 0.1) is 12.6 Å². The highest BCUT2D eigenvalue weighted by Gasteiger charge is 2.34. The Morgan fingerprint density at radius 1 is 1.64 bits per heavy atom. The molecule has 0 aliphatic rings. The maximum absolute atomic E-state index is 12.1. The molecule has 1 heterocycles. The Morgan fingerprint density at radius 2 is 2.29 bits per heavy atom. The Morgan fingerprint density at radius 3 is 2.71 bits per heavy atom. The van der Waals surface area contributed by atoms with Crippen LogP contribution < -0.4 is 5.73 Å². The minimum absolute atomic E-state index is 0.180. The number of hydrogen-bond acceptors (Lipinski definition) is 4. The maximum Gasteiger partial charge on any atom is 0.443 e. The molecule has 1 aromatic heterocycles. The van der Waals surface area contributed by atoms with E-state index in [-0.39, 0.29) is 6.61 Å². The molecule has 3 nitrogen and oxygen atoms in total. The van der Waals surface area contributed by atoms with Crippen molar-refractivity contribution in [3.63, 3.8) is 0 Å². The van der Waals surface area contributed by atoms with Gasteiger partial charge >= 0.3 is 6.18 Å². The summed E-state index contributed by atoms with van der Waals surface area (Å²) in [6.07, 6.45) is -3.26. The zero-order chi connectivity index (χ0) is 10.8. The summed E-state index contributed by atoms with van der Waals surface area (Å²) >= 11 is 0.547. The number of nitrogens with two attached hydrogens (primary N) is 1. The normalized spacial score (nSPS) is 14.4. The van der Waals surface area contributed by atoms with Crippen molar-refractivity contribution in [3.05, 3.63) is 16.1 Å². The Kier molecular flexibility index (Phi) is 3.46. The van der Waals surface area contributed by atoms with Crippen molar-refractivity contribution in [3.8, 4) is 0 Å². The molecule has 1 aromatic rings. The highest BCUT2D eigenvalue weighted by molar-refractivity contribution is 7.11. The van der Waals surface area contributed by atoms with Crippen LogP contribution >= 0.6 is 11.3 Å². The third-order valence-electron chi connectivity index (χ3n) is 1.48. The number of hydrogen-bond donors (Lipinski definition) is 1. The molecule has 0 radical (unpaired) electrons. The molecule has 2 N–H and O–H groups in total. The fourth-order valence-electron chi connectivity index (χ4n) is 0.851. The van der Waals surface area contributed by atoms with Crippen molar-refractivity contribution < 1.29 is 17.9 Å². The molecular weight excluding hydrogens is 217 g/mol. The molecule has 0 saturated carbocycles. The van der Waals surface area contributed by atoms with Gasteiger partial charge in [0.25, 0.3) is 0 Å². The van der Waals surface area contributed by atoms with Crippen LogP contribution in [0.4, 0.5) is 13.2 Å². The van der Waals surface area contributed by atoms with Crippen molar-refractivity contribution in [2.24, 2.45) is 5.73 Å². The molecule has 80 valence electrons. The van der Waals surface area contributed by atoms with Crippen molar-refractivity contribution in [2.75, 3.05) is 13.7 Å². The lowest BCUT2D eigenvalue weighted by molar-refractivity contribution is -0.137. The molecule has 1 atom stereocenters. The molecule has 0 spiro atoms. The number of aromatic nitrogens is 1. The lowest BCUT2D eigenvalue weighted by Crippen LogP contribution is -2.14. The first-order chi connectivity index (χ1) is 6.45. The van der Waals surface area contributed by atoms with E-state index >= 15 is 0 Å². The summed E-state index contributed by atoms with van der Waals surface area (Å²) in [6.45, 7) is 0.180. The monoisotopic (exact) mass is 226 g/mol. The number of rotatable bonds is 3. The predicted octanol–water partition coefficient (Wildman–Crippen LogP) is 1.81. The molecule has 1 rings (SSSR count). The summed E-state index contributed by atoms with van der Waals surface area (Å²) in [5.74, 6) is 0. The van der Waals surface area contributed by atoms with Crippen LogP contribution in [0.5, 0.6) is 0 Å². The molecule has 0 bridgehead atoms. The minimum atomic E-state index is -4.39. The molecule has 1 unspecified atom stereocenters. The van der Waals surface area contributed by atoms with E-state index in [1.165, 1.54) is 7.11 Å². The quantitative estimate of drug-likeness (QED) is 0.855. The summed E-state index contributed by atoms with van der Waals surface area (Å²) in [5, 5.41) is -0.876. The van der Waals surface area contributed by atoms with Crippen LogP contribution in [0.15, 0.2) is 6.20 Å². The molecule has 14 heavy (non-hydrogen) atoms. The zero-order valence-corrected chi connectivity index (χ0v) is 8.15. The summed E-state index contributed by atoms with van der Waals surface area (Å²) < 4.78 is 41.1. The molecule has 0 fully saturated rings. The summed E-state index contributed by atoms with van der Waals surface area (Å²) in [4.78, 5) is 3.62. The topological polar surface area (TPSA) is 48.1 Å². The van der Waals surface area contributed by atoms with Gasteiger partial charge in [-0.15, -0.1) is 11.3 Å². The van der Waals surface area contributed by atoms with Crippen molar-refractivity contribution >= 4 is 11.3 Å². The first-order valence-electron chi connectivity index (χ1n) is 3.72. The van der Waals surface area contributed by atoms with E-state index in [1.54, 1.807) is 0 Å². The zero-order valence-electron chi connectivity index (χ0n) is 7.34. The Balaban J connectivity index is 2.78. The van der Waals surface area contributed by atoms with E-state index in [4.69, 9.17) is 10.5 Å². The summed E-state index contributed by atoms with van der Waals surface area (Å²) in [7, 11) is 1.44. The molecule has 0 aliphatic carbocycles. The SMILES string of the molecule is COCC(N)c1cnc(C(F)(F)F)s1. The second kappa shape index (κ2) is 4.24. The smallest absolute Gasteiger partial charge is 0.383 e. The lowest BCUT2D eigenvalue weighted by Gasteiger charge is -2.06. The van der Waals surface area contributed by atoms with Crippen LogP contribution in [0.3, 0.4) is 0 Å². The second-order valence-corrected chi connectivity index (χ2v) is 3.69. The molecule has 0 saturated heterocycles. The highest BCUT2D eigenvalue weighted by atomic mass is 32.1. The van der Waals surface area contributed by atoms with Crippen molar-refractivity contribution in [1.29, 1.82) is 0 Å². The van der Waals surface area contributed by atoms with Gasteiger partial charge in [-0.1, -0.05) is 0 Å². The molecule has 0 amide bonds. The fourth-order valence-corrected chi connectivity index (χ4v) is 1.62. The van der Waals surface area contributed by atoms with Gasteiger partial charge < -0.3 is 10.5 Å². The van der Waals surface area contributed by atoms with Gasteiger partial charge in [-0.3, -0.25) is 0 Å². The van der Waals surface area contributed by atoms with Crippen LogP contribution in [0.25, 0.3) is 0 Å². The van der Waals surface area contributed by atoms with Crippen molar-refractivity contribution in [2.45, 2.75) is 12.2 Å². The average molecular weight is 226 g/mol. The number of alkyl halides is 3. The minimum Gasteiger partial charge on any atom is -0.383 e. The highest BCUT2D eigenvalue weighted by Crippen LogP contribution is 2.33. The Hall–Kier alpha value is -0.660. The predicted molar refractivity (Wildman–Crippen MR) is 45.9 cm³/mol. The average Bonchev–Trinajstić information content (AvgIpc) is 2.51. The number of thiazole rings is 1. The van der Waals surface area contributed by atoms with Crippen LogP contribution in [0, 0.1) is 0 Å². The van der Waals surface area contributed by atoms with Gasteiger partial charge in [0.2, 0.25) is 0 Å². The third-order valence-corrected chi connectivity index (χ3v) is 2.65. The van der Waals surface area contributed by atoms with E-state index in [1.807, 2.05) is 0 Å². The van der Waals surface area contributed by atoms with Gasteiger partial charge in [-0.2, -0.15) is 13.2 Å². The Bertz CT molecular complexity index is 299. The number of nitrogens with zero attached hydrogens (tertiary/aromatic N) is 1. The number of halogens is 3. The molecule has 0 aliphatic heterocycles. The maximum atomic E-state index is 12.1. The Labute approximate surface area is 82.7 Å². The van der Waals surface area contributed by atoms with E-state index in [0.717, 1.165) is 6.20 Å². The van der Waals surface area contributed by atoms with Crippen LogP contribution in [0.2, 0.25) is 0 Å². The third kappa shape index (κ3) is 2.66. The van der Waals surface area contributed by atoms with Gasteiger partial charge in [-0.25, -0.2) is 4.98 Å². The van der Waals surface area contributed by atoms with Gasteiger partial charge in [-0.05, 0) is 0 Å². The lowest BCUT2D eigenvalue weighted by atomic mass is 10.3.